The highest BCUT2D eigenvalue weighted by molar-refractivity contribution is 4.74. The van der Waals surface area contributed by atoms with Crippen LogP contribution in [0.15, 0.2) is 0 Å². The molecule has 66 valence electrons. The normalized spacial score (nSPS) is 29.2. The Balaban J connectivity index is 2.28. The summed E-state index contributed by atoms with van der Waals surface area (Å²) in [6, 6.07) is 0.523. The van der Waals surface area contributed by atoms with Gasteiger partial charge in [-0.1, -0.05) is 6.92 Å². The molecule has 0 aromatic heterocycles. The van der Waals surface area contributed by atoms with Crippen molar-refractivity contribution in [1.29, 1.82) is 0 Å². The summed E-state index contributed by atoms with van der Waals surface area (Å²) in [6.45, 7) is 8.90. The third-order valence-electron chi connectivity index (χ3n) is 2.30. The summed E-state index contributed by atoms with van der Waals surface area (Å²) in [7, 11) is 0. The van der Waals surface area contributed by atoms with Crippen LogP contribution in [0.3, 0.4) is 0 Å². The first-order valence-corrected chi connectivity index (χ1v) is 4.47. The summed E-state index contributed by atoms with van der Waals surface area (Å²) in [5.41, 5.74) is 0. The molecule has 2 N–H and O–H groups in total. The number of nitrogens with zero attached hydrogens (tertiary/aromatic N) is 2. The first kappa shape index (κ1) is 8.97. The topological polar surface area (TPSA) is 32.5 Å². The largest absolute Gasteiger partial charge is 0.300 e. The summed E-state index contributed by atoms with van der Waals surface area (Å²) < 4.78 is 0. The van der Waals surface area contributed by atoms with Crippen LogP contribution in [0.1, 0.15) is 20.3 Å². The molecule has 0 aliphatic carbocycles. The van der Waals surface area contributed by atoms with E-state index in [1.165, 1.54) is 13.0 Å². The molecule has 0 bridgehead atoms. The Morgan fingerprint density at radius 1 is 1.45 bits per heavy atom. The van der Waals surface area contributed by atoms with E-state index in [1.807, 2.05) is 5.01 Å². The number of nitrogens with two attached hydrogens (primary N) is 1. The van der Waals surface area contributed by atoms with E-state index in [-0.39, 0.29) is 0 Å². The molecule has 1 fully saturated rings. The number of hydrogen-bond acceptors (Lipinski definition) is 3. The van der Waals surface area contributed by atoms with Crippen molar-refractivity contribution in [3.05, 3.63) is 0 Å². The third kappa shape index (κ3) is 2.43. The smallest absolute Gasteiger partial charge is 0.0340 e. The lowest BCUT2D eigenvalue weighted by Gasteiger charge is -2.36. The molecule has 0 amide bonds. The van der Waals surface area contributed by atoms with E-state index in [0.29, 0.717) is 6.04 Å². The highest BCUT2D eigenvalue weighted by atomic mass is 15.5. The van der Waals surface area contributed by atoms with E-state index < -0.39 is 0 Å². The second-order valence-electron chi connectivity index (χ2n) is 3.39. The second-order valence-corrected chi connectivity index (χ2v) is 3.39. The molecular formula is C8H19N3. The molecule has 1 unspecified atom stereocenters. The number of rotatable bonds is 2. The fourth-order valence-corrected chi connectivity index (χ4v) is 1.57. The van der Waals surface area contributed by atoms with Crippen molar-refractivity contribution in [2.45, 2.75) is 26.3 Å². The van der Waals surface area contributed by atoms with Gasteiger partial charge in [-0.15, -0.1) is 0 Å². The Morgan fingerprint density at radius 3 is 2.73 bits per heavy atom. The fraction of sp³-hybridized carbons (Fsp3) is 1.00. The molecule has 1 heterocycles. The van der Waals surface area contributed by atoms with Gasteiger partial charge in [0.05, 0.1) is 0 Å². The maximum atomic E-state index is 5.74. The van der Waals surface area contributed by atoms with E-state index in [0.717, 1.165) is 19.6 Å². The predicted molar refractivity (Wildman–Crippen MR) is 47.1 cm³/mol. The average molecular weight is 157 g/mol. The van der Waals surface area contributed by atoms with Gasteiger partial charge < -0.3 is 4.90 Å². The maximum absolute atomic E-state index is 5.74. The van der Waals surface area contributed by atoms with Gasteiger partial charge in [0.1, 0.15) is 0 Å². The first-order valence-electron chi connectivity index (χ1n) is 4.47. The quantitative estimate of drug-likeness (QED) is 0.584. The predicted octanol–water partition coefficient (Wildman–Crippen LogP) is 0.276. The number of hydrazine groups is 1. The molecule has 1 atom stereocenters. The number of hydrogen-bond donors (Lipinski definition) is 1. The second kappa shape index (κ2) is 4.04. The van der Waals surface area contributed by atoms with Crippen LogP contribution in [-0.4, -0.2) is 42.1 Å². The van der Waals surface area contributed by atoms with Gasteiger partial charge in [-0.05, 0) is 19.9 Å². The van der Waals surface area contributed by atoms with Crippen LogP contribution >= 0.6 is 0 Å². The van der Waals surface area contributed by atoms with Gasteiger partial charge in [-0.2, -0.15) is 0 Å². The van der Waals surface area contributed by atoms with Gasteiger partial charge in [-0.25, -0.2) is 5.01 Å². The van der Waals surface area contributed by atoms with Crippen LogP contribution in [0, 0.1) is 0 Å². The minimum atomic E-state index is 0.523. The monoisotopic (exact) mass is 157 g/mol. The Kier molecular flexibility index (Phi) is 3.30. The minimum Gasteiger partial charge on any atom is -0.300 e. The van der Waals surface area contributed by atoms with Crippen LogP contribution in [0.4, 0.5) is 0 Å². The van der Waals surface area contributed by atoms with Gasteiger partial charge >= 0.3 is 0 Å². The fourth-order valence-electron chi connectivity index (χ4n) is 1.57. The molecule has 3 nitrogen and oxygen atoms in total. The lowest BCUT2D eigenvalue weighted by Crippen LogP contribution is -2.54. The van der Waals surface area contributed by atoms with Crippen LogP contribution < -0.4 is 5.84 Å². The highest BCUT2D eigenvalue weighted by Gasteiger charge is 2.19. The zero-order valence-electron chi connectivity index (χ0n) is 7.58. The van der Waals surface area contributed by atoms with Crippen molar-refractivity contribution in [3.8, 4) is 0 Å². The molecule has 11 heavy (non-hydrogen) atoms. The van der Waals surface area contributed by atoms with Gasteiger partial charge in [0, 0.05) is 25.7 Å². The van der Waals surface area contributed by atoms with Crippen LogP contribution in [0.2, 0.25) is 0 Å². The maximum Gasteiger partial charge on any atom is 0.0340 e. The Hall–Kier alpha value is -0.120. The standard InChI is InChI=1S/C8H19N3/c1-3-4-10-5-6-11(9)8(2)7-10/h8H,3-7,9H2,1-2H3. The lowest BCUT2D eigenvalue weighted by molar-refractivity contribution is 0.0841. The average Bonchev–Trinajstić information content (AvgIpc) is 1.98. The van der Waals surface area contributed by atoms with Crippen molar-refractivity contribution >= 4 is 0 Å². The van der Waals surface area contributed by atoms with Crippen molar-refractivity contribution in [2.75, 3.05) is 26.2 Å². The molecule has 1 aliphatic heterocycles. The van der Waals surface area contributed by atoms with Crippen molar-refractivity contribution in [1.82, 2.24) is 9.91 Å². The van der Waals surface area contributed by atoms with E-state index in [2.05, 4.69) is 18.7 Å². The van der Waals surface area contributed by atoms with Crippen LogP contribution in [0.5, 0.6) is 0 Å². The highest BCUT2D eigenvalue weighted by Crippen LogP contribution is 2.04. The molecule has 0 aromatic carbocycles. The van der Waals surface area contributed by atoms with Crippen LogP contribution in [-0.2, 0) is 0 Å². The van der Waals surface area contributed by atoms with Gasteiger partial charge in [0.25, 0.3) is 0 Å². The summed E-state index contributed by atoms with van der Waals surface area (Å²) in [4.78, 5) is 2.48. The molecule has 0 saturated carbocycles. The van der Waals surface area contributed by atoms with E-state index >= 15 is 0 Å². The molecule has 0 spiro atoms. The number of piperazine rings is 1. The molecular weight excluding hydrogens is 138 g/mol. The van der Waals surface area contributed by atoms with Gasteiger partial charge in [0.15, 0.2) is 0 Å². The molecule has 0 aromatic rings. The van der Waals surface area contributed by atoms with E-state index in [9.17, 15) is 0 Å². The molecule has 1 saturated heterocycles. The van der Waals surface area contributed by atoms with Gasteiger partial charge in [-0.3, -0.25) is 5.84 Å². The Morgan fingerprint density at radius 2 is 2.18 bits per heavy atom. The SMILES string of the molecule is CCCN1CCN(N)C(C)C1. The van der Waals surface area contributed by atoms with Crippen molar-refractivity contribution in [3.63, 3.8) is 0 Å². The van der Waals surface area contributed by atoms with Gasteiger partial charge in [0.2, 0.25) is 0 Å². The van der Waals surface area contributed by atoms with Crippen molar-refractivity contribution < 1.29 is 0 Å². The van der Waals surface area contributed by atoms with E-state index in [1.54, 1.807) is 0 Å². The van der Waals surface area contributed by atoms with Crippen molar-refractivity contribution in [2.24, 2.45) is 5.84 Å². The van der Waals surface area contributed by atoms with Crippen LogP contribution in [0.25, 0.3) is 0 Å². The summed E-state index contributed by atoms with van der Waals surface area (Å²) >= 11 is 0. The lowest BCUT2D eigenvalue weighted by atomic mass is 10.2. The zero-order valence-corrected chi connectivity index (χ0v) is 7.58. The first-order chi connectivity index (χ1) is 5.24. The Bertz CT molecular complexity index is 116. The molecule has 0 radical (unpaired) electrons. The summed E-state index contributed by atoms with van der Waals surface area (Å²) in [5.74, 6) is 5.74. The summed E-state index contributed by atoms with van der Waals surface area (Å²) in [5, 5.41) is 1.94. The summed E-state index contributed by atoms with van der Waals surface area (Å²) in [6.07, 6.45) is 1.25. The molecule has 3 heteroatoms. The molecule has 1 aliphatic rings. The molecule has 1 rings (SSSR count). The minimum absolute atomic E-state index is 0.523. The van der Waals surface area contributed by atoms with E-state index in [4.69, 9.17) is 5.84 Å². The zero-order chi connectivity index (χ0) is 8.27. The third-order valence-corrected chi connectivity index (χ3v) is 2.30. The Labute approximate surface area is 69.1 Å².